The van der Waals surface area contributed by atoms with Crippen molar-refractivity contribution in [3.63, 3.8) is 0 Å². The summed E-state index contributed by atoms with van der Waals surface area (Å²) in [6.45, 7) is 8.79. The summed E-state index contributed by atoms with van der Waals surface area (Å²) in [5, 5.41) is 15.8. The Kier molecular flexibility index (Phi) is 7.32. The van der Waals surface area contributed by atoms with Crippen molar-refractivity contribution in [1.82, 2.24) is 19.6 Å². The van der Waals surface area contributed by atoms with E-state index in [4.69, 9.17) is 5.10 Å². The highest BCUT2D eigenvalue weighted by atomic mass is 19.1. The number of benzene rings is 2. The summed E-state index contributed by atoms with van der Waals surface area (Å²) in [5.41, 5.74) is 5.42. The zero-order chi connectivity index (χ0) is 24.4. The number of aromatic nitrogens is 2. The van der Waals surface area contributed by atoms with Gasteiger partial charge >= 0.3 is 0 Å². The van der Waals surface area contributed by atoms with Crippen molar-refractivity contribution >= 4 is 0 Å². The Morgan fingerprint density at radius 1 is 1.09 bits per heavy atom. The number of hydrogen-bond acceptors (Lipinski definition) is 4. The molecule has 1 saturated carbocycles. The van der Waals surface area contributed by atoms with Crippen LogP contribution in [0.3, 0.4) is 0 Å². The van der Waals surface area contributed by atoms with E-state index in [1.54, 1.807) is 12.1 Å². The number of aliphatic hydroxyl groups excluding tert-OH is 1. The molecule has 35 heavy (non-hydrogen) atoms. The van der Waals surface area contributed by atoms with Crippen molar-refractivity contribution in [1.29, 1.82) is 0 Å². The Labute approximate surface area is 208 Å². The molecule has 186 valence electrons. The first-order valence-corrected chi connectivity index (χ1v) is 13.0. The quantitative estimate of drug-likeness (QED) is 0.457. The van der Waals surface area contributed by atoms with Crippen molar-refractivity contribution in [2.45, 2.75) is 58.8 Å². The van der Waals surface area contributed by atoms with Gasteiger partial charge in [-0.3, -0.25) is 9.80 Å². The number of hydrogen-bond donors (Lipinski definition) is 1. The van der Waals surface area contributed by atoms with E-state index in [0.717, 1.165) is 55.5 Å². The first kappa shape index (κ1) is 24.2. The Balaban J connectivity index is 1.43. The Morgan fingerprint density at radius 3 is 2.54 bits per heavy atom. The summed E-state index contributed by atoms with van der Waals surface area (Å²) in [4.78, 5) is 4.73. The molecule has 0 radical (unpaired) electrons. The van der Waals surface area contributed by atoms with Gasteiger partial charge in [-0.05, 0) is 42.9 Å². The lowest BCUT2D eigenvalue weighted by atomic mass is 10.0. The zero-order valence-electron chi connectivity index (χ0n) is 20.9. The van der Waals surface area contributed by atoms with E-state index in [2.05, 4.69) is 52.6 Å². The van der Waals surface area contributed by atoms with Gasteiger partial charge in [0, 0.05) is 56.8 Å². The lowest BCUT2D eigenvalue weighted by Gasteiger charge is -2.29. The van der Waals surface area contributed by atoms with E-state index < -0.39 is 0 Å². The molecule has 3 aromatic rings. The molecule has 1 unspecified atom stereocenters. The Hall–Kier alpha value is -2.54. The van der Waals surface area contributed by atoms with Gasteiger partial charge in [-0.1, -0.05) is 50.2 Å². The second-order valence-corrected chi connectivity index (χ2v) is 10.6. The standard InChI is InChI=1S/C29H37FN4O/c1-21(2)29(35)20-33(16-22-12-13-22)19-27-25-18-32(17-23-8-6-7-11-26(23)30)15-14-28(25)34(31-27)24-9-4-3-5-10-24/h3-11,21-22,29,35H,12-20H2,1-2H3. The van der Waals surface area contributed by atoms with Crippen molar-refractivity contribution in [3.05, 3.63) is 82.9 Å². The van der Waals surface area contributed by atoms with Crippen LogP contribution in [0.2, 0.25) is 0 Å². The summed E-state index contributed by atoms with van der Waals surface area (Å²) >= 11 is 0. The molecule has 2 aromatic carbocycles. The van der Waals surface area contributed by atoms with E-state index in [-0.39, 0.29) is 17.8 Å². The number of aliphatic hydroxyl groups is 1. The van der Waals surface area contributed by atoms with Gasteiger partial charge in [-0.25, -0.2) is 9.07 Å². The molecule has 1 N–H and O–H groups in total. The molecule has 2 aliphatic rings. The highest BCUT2D eigenvalue weighted by molar-refractivity contribution is 5.39. The summed E-state index contributed by atoms with van der Waals surface area (Å²) in [5.74, 6) is 0.819. The summed E-state index contributed by atoms with van der Waals surface area (Å²) in [7, 11) is 0. The monoisotopic (exact) mass is 476 g/mol. The lowest BCUT2D eigenvalue weighted by Crippen LogP contribution is -2.37. The second-order valence-electron chi connectivity index (χ2n) is 10.6. The van der Waals surface area contributed by atoms with E-state index in [0.29, 0.717) is 13.1 Å². The number of rotatable bonds is 10. The fraction of sp³-hybridized carbons (Fsp3) is 0.483. The maximum atomic E-state index is 14.4. The minimum atomic E-state index is -0.349. The molecule has 0 bridgehead atoms. The Morgan fingerprint density at radius 2 is 1.83 bits per heavy atom. The molecule has 1 atom stereocenters. The van der Waals surface area contributed by atoms with Crippen LogP contribution >= 0.6 is 0 Å². The summed E-state index contributed by atoms with van der Waals surface area (Å²) in [6.07, 6.45) is 3.09. The largest absolute Gasteiger partial charge is 0.392 e. The fourth-order valence-electron chi connectivity index (χ4n) is 5.01. The molecule has 1 fully saturated rings. The van der Waals surface area contributed by atoms with Crippen LogP contribution in [-0.2, 0) is 26.1 Å². The Bertz CT molecular complexity index is 1120. The normalized spacial score (nSPS) is 17.2. The minimum absolute atomic E-state index is 0.142. The van der Waals surface area contributed by atoms with Gasteiger partial charge < -0.3 is 5.11 Å². The maximum Gasteiger partial charge on any atom is 0.127 e. The van der Waals surface area contributed by atoms with Gasteiger partial charge in [0.1, 0.15) is 5.82 Å². The molecule has 1 aromatic heterocycles. The molecular formula is C29H37FN4O. The van der Waals surface area contributed by atoms with Gasteiger partial charge in [0.15, 0.2) is 0 Å². The van der Waals surface area contributed by atoms with Crippen LogP contribution in [0.4, 0.5) is 4.39 Å². The predicted octanol–water partition coefficient (Wildman–Crippen LogP) is 4.80. The van der Waals surface area contributed by atoms with Crippen molar-refractivity contribution in [3.8, 4) is 5.69 Å². The van der Waals surface area contributed by atoms with E-state index >= 15 is 0 Å². The van der Waals surface area contributed by atoms with Gasteiger partial charge in [0.25, 0.3) is 0 Å². The third-order valence-electron chi connectivity index (χ3n) is 7.37. The first-order chi connectivity index (χ1) is 17.0. The zero-order valence-corrected chi connectivity index (χ0v) is 20.9. The van der Waals surface area contributed by atoms with Crippen LogP contribution in [0.1, 0.15) is 49.2 Å². The lowest BCUT2D eigenvalue weighted by molar-refractivity contribution is 0.0703. The van der Waals surface area contributed by atoms with Crippen LogP contribution in [-0.4, -0.2) is 50.4 Å². The maximum absolute atomic E-state index is 14.4. The van der Waals surface area contributed by atoms with Crippen LogP contribution < -0.4 is 0 Å². The van der Waals surface area contributed by atoms with E-state index in [9.17, 15) is 9.50 Å². The number of para-hydroxylation sites is 1. The number of nitrogens with zero attached hydrogens (tertiary/aromatic N) is 4. The van der Waals surface area contributed by atoms with Crippen LogP contribution in [0.5, 0.6) is 0 Å². The molecule has 5 rings (SSSR count). The third kappa shape index (κ3) is 5.83. The number of fused-ring (bicyclic) bond motifs is 1. The van der Waals surface area contributed by atoms with E-state index in [1.807, 2.05) is 18.2 Å². The highest BCUT2D eigenvalue weighted by Crippen LogP contribution is 2.32. The fourth-order valence-corrected chi connectivity index (χ4v) is 5.01. The average Bonchev–Trinajstić information content (AvgIpc) is 3.61. The van der Waals surface area contributed by atoms with Gasteiger partial charge in [0.05, 0.1) is 23.2 Å². The summed E-state index contributed by atoms with van der Waals surface area (Å²) in [6, 6.07) is 17.4. The minimum Gasteiger partial charge on any atom is -0.392 e. The molecule has 2 heterocycles. The van der Waals surface area contributed by atoms with Gasteiger partial charge in [-0.2, -0.15) is 5.10 Å². The smallest absolute Gasteiger partial charge is 0.127 e. The molecule has 1 aliphatic heterocycles. The number of halogens is 1. The van der Waals surface area contributed by atoms with Crippen LogP contribution in [0.15, 0.2) is 54.6 Å². The molecule has 6 heteroatoms. The topological polar surface area (TPSA) is 44.5 Å². The molecule has 0 amide bonds. The molecule has 1 aliphatic carbocycles. The van der Waals surface area contributed by atoms with Crippen LogP contribution in [0.25, 0.3) is 5.69 Å². The van der Waals surface area contributed by atoms with Crippen molar-refractivity contribution in [2.24, 2.45) is 11.8 Å². The molecule has 0 saturated heterocycles. The molecule has 0 spiro atoms. The molecular weight excluding hydrogens is 439 g/mol. The van der Waals surface area contributed by atoms with Crippen molar-refractivity contribution in [2.75, 3.05) is 19.6 Å². The second kappa shape index (κ2) is 10.6. The van der Waals surface area contributed by atoms with Crippen LogP contribution in [0, 0.1) is 17.7 Å². The predicted molar refractivity (Wildman–Crippen MR) is 137 cm³/mol. The first-order valence-electron chi connectivity index (χ1n) is 13.0. The van der Waals surface area contributed by atoms with E-state index in [1.165, 1.54) is 24.1 Å². The molecule has 5 nitrogen and oxygen atoms in total. The van der Waals surface area contributed by atoms with Gasteiger partial charge in [0.2, 0.25) is 0 Å². The van der Waals surface area contributed by atoms with Crippen molar-refractivity contribution < 1.29 is 9.50 Å². The highest BCUT2D eigenvalue weighted by Gasteiger charge is 2.30. The SMILES string of the molecule is CC(C)C(O)CN(Cc1nn(-c2ccccc2)c2c1CN(Cc1ccccc1F)CC2)CC1CC1. The third-order valence-corrected chi connectivity index (χ3v) is 7.37. The average molecular weight is 477 g/mol. The van der Waals surface area contributed by atoms with Gasteiger partial charge in [-0.15, -0.1) is 0 Å². The summed E-state index contributed by atoms with van der Waals surface area (Å²) < 4.78 is 16.5.